The Hall–Kier alpha value is -1.64. The van der Waals surface area contributed by atoms with Gasteiger partial charge in [-0.05, 0) is 37.8 Å². The molecule has 0 aliphatic heterocycles. The van der Waals surface area contributed by atoms with Gasteiger partial charge in [0.15, 0.2) is 0 Å². The first-order chi connectivity index (χ1) is 9.34. The Labute approximate surface area is 114 Å². The highest BCUT2D eigenvalue weighted by Gasteiger charge is 2.20. The van der Waals surface area contributed by atoms with Gasteiger partial charge in [-0.1, -0.05) is 31.4 Å². The lowest BCUT2D eigenvalue weighted by atomic mass is 9.84. The first kappa shape index (κ1) is 12.4. The number of rotatable bonds is 3. The monoisotopic (exact) mass is 255 g/mol. The molecule has 3 rings (SSSR count). The van der Waals surface area contributed by atoms with Crippen molar-refractivity contribution in [2.24, 2.45) is 5.92 Å². The standard InChI is InChI=1S/C16H21N3/c1-12(13-7-3-2-4-8-13)19-16-14-9-5-6-10-15(14)17-11-18-16/h5-6,9-13H,2-4,7-8H2,1H3,(H,17,18,19). The average Bonchev–Trinajstić information content (AvgIpc) is 2.48. The number of benzene rings is 1. The fraction of sp³-hybridized carbons (Fsp3) is 0.500. The van der Waals surface area contributed by atoms with Crippen molar-refractivity contribution in [2.45, 2.75) is 45.1 Å². The molecule has 0 spiro atoms. The van der Waals surface area contributed by atoms with E-state index in [1.807, 2.05) is 18.2 Å². The van der Waals surface area contributed by atoms with E-state index in [9.17, 15) is 0 Å². The van der Waals surface area contributed by atoms with Crippen LogP contribution in [0.25, 0.3) is 10.9 Å². The van der Waals surface area contributed by atoms with Gasteiger partial charge >= 0.3 is 0 Å². The summed E-state index contributed by atoms with van der Waals surface area (Å²) in [5.74, 6) is 1.76. The van der Waals surface area contributed by atoms with Crippen molar-refractivity contribution in [1.82, 2.24) is 9.97 Å². The molecule has 1 aliphatic carbocycles. The second kappa shape index (κ2) is 5.55. The van der Waals surface area contributed by atoms with Gasteiger partial charge in [-0.15, -0.1) is 0 Å². The molecule has 1 aliphatic rings. The van der Waals surface area contributed by atoms with Crippen molar-refractivity contribution >= 4 is 16.7 Å². The Kier molecular flexibility index (Phi) is 3.62. The highest BCUT2D eigenvalue weighted by atomic mass is 15.0. The summed E-state index contributed by atoms with van der Waals surface area (Å²) in [7, 11) is 0. The predicted molar refractivity (Wildman–Crippen MR) is 79.2 cm³/mol. The first-order valence-corrected chi connectivity index (χ1v) is 7.31. The van der Waals surface area contributed by atoms with E-state index in [2.05, 4.69) is 28.3 Å². The molecule has 2 aromatic rings. The number of anilines is 1. The van der Waals surface area contributed by atoms with Crippen molar-refractivity contribution < 1.29 is 0 Å². The maximum atomic E-state index is 4.42. The van der Waals surface area contributed by atoms with E-state index in [1.54, 1.807) is 6.33 Å². The summed E-state index contributed by atoms with van der Waals surface area (Å²) in [5.41, 5.74) is 1.01. The van der Waals surface area contributed by atoms with Crippen LogP contribution in [-0.4, -0.2) is 16.0 Å². The summed E-state index contributed by atoms with van der Waals surface area (Å²) in [4.78, 5) is 8.73. The lowest BCUT2D eigenvalue weighted by Crippen LogP contribution is -2.28. The molecule has 3 heteroatoms. The zero-order valence-electron chi connectivity index (χ0n) is 11.5. The van der Waals surface area contributed by atoms with Crippen LogP contribution in [0.4, 0.5) is 5.82 Å². The molecule has 1 atom stereocenters. The van der Waals surface area contributed by atoms with Gasteiger partial charge in [-0.25, -0.2) is 9.97 Å². The average molecular weight is 255 g/mol. The minimum atomic E-state index is 0.485. The number of hydrogen-bond acceptors (Lipinski definition) is 3. The van der Waals surface area contributed by atoms with Gasteiger partial charge in [0, 0.05) is 11.4 Å². The summed E-state index contributed by atoms with van der Waals surface area (Å²) >= 11 is 0. The van der Waals surface area contributed by atoms with E-state index in [-0.39, 0.29) is 0 Å². The zero-order valence-corrected chi connectivity index (χ0v) is 11.5. The van der Waals surface area contributed by atoms with Crippen molar-refractivity contribution in [3.05, 3.63) is 30.6 Å². The van der Waals surface area contributed by atoms with Crippen LogP contribution in [0.15, 0.2) is 30.6 Å². The third kappa shape index (κ3) is 2.70. The van der Waals surface area contributed by atoms with Crippen LogP contribution < -0.4 is 5.32 Å². The lowest BCUT2D eigenvalue weighted by molar-refractivity contribution is 0.328. The maximum Gasteiger partial charge on any atom is 0.137 e. The summed E-state index contributed by atoms with van der Waals surface area (Å²) in [6.45, 7) is 2.28. The lowest BCUT2D eigenvalue weighted by Gasteiger charge is -2.28. The Morgan fingerprint density at radius 1 is 1.11 bits per heavy atom. The zero-order chi connectivity index (χ0) is 13.1. The Balaban J connectivity index is 1.80. The molecule has 1 heterocycles. The minimum absolute atomic E-state index is 0.485. The van der Waals surface area contributed by atoms with Crippen LogP contribution in [0.1, 0.15) is 39.0 Å². The second-order valence-electron chi connectivity index (χ2n) is 5.57. The van der Waals surface area contributed by atoms with E-state index in [1.165, 1.54) is 32.1 Å². The van der Waals surface area contributed by atoms with Crippen LogP contribution in [0, 0.1) is 5.92 Å². The highest BCUT2D eigenvalue weighted by molar-refractivity contribution is 5.88. The van der Waals surface area contributed by atoms with E-state index < -0.39 is 0 Å². The molecule has 100 valence electrons. The molecule has 3 nitrogen and oxygen atoms in total. The van der Waals surface area contributed by atoms with Gasteiger partial charge < -0.3 is 5.32 Å². The Bertz CT molecular complexity index is 541. The first-order valence-electron chi connectivity index (χ1n) is 7.31. The molecule has 1 fully saturated rings. The molecule has 1 unspecified atom stereocenters. The fourth-order valence-corrected chi connectivity index (χ4v) is 3.09. The molecule has 1 saturated carbocycles. The highest BCUT2D eigenvalue weighted by Crippen LogP contribution is 2.29. The van der Waals surface area contributed by atoms with E-state index in [4.69, 9.17) is 0 Å². The van der Waals surface area contributed by atoms with Crippen LogP contribution in [0.3, 0.4) is 0 Å². The number of nitrogens with zero attached hydrogens (tertiary/aromatic N) is 2. The topological polar surface area (TPSA) is 37.8 Å². The van der Waals surface area contributed by atoms with Gasteiger partial charge in [-0.3, -0.25) is 0 Å². The molecule has 1 N–H and O–H groups in total. The van der Waals surface area contributed by atoms with Gasteiger partial charge in [-0.2, -0.15) is 0 Å². The number of fused-ring (bicyclic) bond motifs is 1. The van der Waals surface area contributed by atoms with Gasteiger partial charge in [0.25, 0.3) is 0 Å². The molecule has 0 radical (unpaired) electrons. The van der Waals surface area contributed by atoms with Crippen LogP contribution in [-0.2, 0) is 0 Å². The largest absolute Gasteiger partial charge is 0.367 e. The predicted octanol–water partition coefficient (Wildman–Crippen LogP) is 4.01. The third-order valence-corrected chi connectivity index (χ3v) is 4.26. The summed E-state index contributed by atoms with van der Waals surface area (Å²) in [6.07, 6.45) is 8.49. The Morgan fingerprint density at radius 3 is 2.74 bits per heavy atom. The van der Waals surface area contributed by atoms with Gasteiger partial charge in [0.1, 0.15) is 12.1 Å². The molecule has 1 aromatic heterocycles. The number of nitrogens with one attached hydrogen (secondary N) is 1. The third-order valence-electron chi connectivity index (χ3n) is 4.26. The molecule has 1 aromatic carbocycles. The van der Waals surface area contributed by atoms with Crippen molar-refractivity contribution in [1.29, 1.82) is 0 Å². The summed E-state index contributed by atoms with van der Waals surface area (Å²) in [6, 6.07) is 8.67. The SMILES string of the molecule is CC(Nc1ncnc2ccccc12)C1CCCCC1. The second-order valence-corrected chi connectivity index (χ2v) is 5.57. The molecular weight excluding hydrogens is 234 g/mol. The van der Waals surface area contributed by atoms with E-state index in [0.29, 0.717) is 6.04 Å². The minimum Gasteiger partial charge on any atom is -0.367 e. The number of hydrogen-bond donors (Lipinski definition) is 1. The Morgan fingerprint density at radius 2 is 1.89 bits per heavy atom. The molecule has 0 saturated heterocycles. The van der Waals surface area contributed by atoms with Gasteiger partial charge in [0.2, 0.25) is 0 Å². The molecule has 19 heavy (non-hydrogen) atoms. The van der Waals surface area contributed by atoms with Gasteiger partial charge in [0.05, 0.1) is 5.52 Å². The van der Waals surface area contributed by atoms with Crippen LogP contribution in [0.5, 0.6) is 0 Å². The normalized spacial score (nSPS) is 18.4. The van der Waals surface area contributed by atoms with Crippen molar-refractivity contribution in [3.63, 3.8) is 0 Å². The summed E-state index contributed by atoms with van der Waals surface area (Å²) in [5, 5.41) is 4.72. The van der Waals surface area contributed by atoms with E-state index in [0.717, 1.165) is 22.6 Å². The molecule has 0 bridgehead atoms. The quantitative estimate of drug-likeness (QED) is 0.900. The smallest absolute Gasteiger partial charge is 0.137 e. The van der Waals surface area contributed by atoms with Crippen LogP contribution >= 0.6 is 0 Å². The van der Waals surface area contributed by atoms with Crippen molar-refractivity contribution in [2.75, 3.05) is 5.32 Å². The summed E-state index contributed by atoms with van der Waals surface area (Å²) < 4.78 is 0. The van der Waals surface area contributed by atoms with Crippen molar-refractivity contribution in [3.8, 4) is 0 Å². The number of para-hydroxylation sites is 1. The molecule has 0 amide bonds. The van der Waals surface area contributed by atoms with Crippen LogP contribution in [0.2, 0.25) is 0 Å². The number of aromatic nitrogens is 2. The fourth-order valence-electron chi connectivity index (χ4n) is 3.09. The molecular formula is C16H21N3. The van der Waals surface area contributed by atoms with E-state index >= 15 is 0 Å². The maximum absolute atomic E-state index is 4.42.